The summed E-state index contributed by atoms with van der Waals surface area (Å²) in [4.78, 5) is 25.7. The van der Waals surface area contributed by atoms with E-state index in [2.05, 4.69) is 5.32 Å². The standard InChI is InChI=1S/C22H25ClFN3O4/c23-16-4-7-20(19(13-16)26-22(25)29)31-11-8-21(28)27-9-1-10-30-18(14-27)12-15-2-5-17(24)6-3-15/h2-7,13,18H,1,8-12,14H2,(H3,25,26,29). The van der Waals surface area contributed by atoms with Crippen LogP contribution in [0.15, 0.2) is 42.5 Å². The van der Waals surface area contributed by atoms with E-state index in [9.17, 15) is 14.0 Å². The molecule has 0 spiro atoms. The first-order valence-corrected chi connectivity index (χ1v) is 10.4. The van der Waals surface area contributed by atoms with Gasteiger partial charge in [0, 0.05) is 31.1 Å². The Labute approximate surface area is 185 Å². The Hall–Kier alpha value is -2.84. The molecule has 1 aliphatic heterocycles. The van der Waals surface area contributed by atoms with E-state index in [1.807, 2.05) is 0 Å². The van der Waals surface area contributed by atoms with Crippen LogP contribution in [0.25, 0.3) is 0 Å². The number of nitrogens with zero attached hydrogens (tertiary/aromatic N) is 1. The molecule has 3 N–H and O–H groups in total. The number of nitrogens with one attached hydrogen (secondary N) is 1. The van der Waals surface area contributed by atoms with E-state index in [0.717, 1.165) is 12.0 Å². The average Bonchev–Trinajstić information content (AvgIpc) is 2.96. The van der Waals surface area contributed by atoms with Crippen LogP contribution in [0.2, 0.25) is 5.02 Å². The minimum Gasteiger partial charge on any atom is -0.491 e. The van der Waals surface area contributed by atoms with Crippen LogP contribution in [0.3, 0.4) is 0 Å². The summed E-state index contributed by atoms with van der Waals surface area (Å²) in [6, 6.07) is 10.3. The van der Waals surface area contributed by atoms with Gasteiger partial charge in [-0.25, -0.2) is 9.18 Å². The summed E-state index contributed by atoms with van der Waals surface area (Å²) in [5, 5.41) is 2.87. The highest BCUT2D eigenvalue weighted by molar-refractivity contribution is 6.31. The SMILES string of the molecule is NC(=O)Nc1cc(Cl)ccc1OCCC(=O)N1CCCOC(Cc2ccc(F)cc2)C1. The number of hydrogen-bond acceptors (Lipinski definition) is 4. The zero-order valence-corrected chi connectivity index (χ0v) is 17.7. The third-order valence-electron chi connectivity index (χ3n) is 4.85. The summed E-state index contributed by atoms with van der Waals surface area (Å²) in [7, 11) is 0. The molecule has 1 saturated heterocycles. The lowest BCUT2D eigenvalue weighted by Gasteiger charge is -2.24. The minimum absolute atomic E-state index is 0.0482. The van der Waals surface area contributed by atoms with Crippen LogP contribution >= 0.6 is 11.6 Å². The Balaban J connectivity index is 1.53. The number of rotatable bonds is 7. The van der Waals surface area contributed by atoms with Gasteiger partial charge in [0.05, 0.1) is 24.8 Å². The predicted octanol–water partition coefficient (Wildman–Crippen LogP) is 3.60. The van der Waals surface area contributed by atoms with Crippen molar-refractivity contribution < 1.29 is 23.5 Å². The summed E-state index contributed by atoms with van der Waals surface area (Å²) >= 11 is 5.94. The van der Waals surface area contributed by atoms with E-state index >= 15 is 0 Å². The molecule has 2 aromatic carbocycles. The average molecular weight is 450 g/mol. The van der Waals surface area contributed by atoms with Crippen molar-refractivity contribution in [3.63, 3.8) is 0 Å². The number of amides is 3. The van der Waals surface area contributed by atoms with E-state index in [0.29, 0.717) is 42.6 Å². The Morgan fingerprint density at radius 2 is 2.03 bits per heavy atom. The molecule has 0 bridgehead atoms. The van der Waals surface area contributed by atoms with Gasteiger partial charge in [-0.15, -0.1) is 0 Å². The van der Waals surface area contributed by atoms with Crippen molar-refractivity contribution in [3.05, 3.63) is 58.9 Å². The summed E-state index contributed by atoms with van der Waals surface area (Å²) in [6.07, 6.45) is 1.37. The molecule has 31 heavy (non-hydrogen) atoms. The molecule has 0 saturated carbocycles. The van der Waals surface area contributed by atoms with Gasteiger partial charge in [-0.3, -0.25) is 4.79 Å². The second kappa shape index (κ2) is 11.0. The van der Waals surface area contributed by atoms with Gasteiger partial charge in [-0.05, 0) is 42.3 Å². The van der Waals surface area contributed by atoms with Crippen LogP contribution in [0.1, 0.15) is 18.4 Å². The van der Waals surface area contributed by atoms with E-state index in [1.54, 1.807) is 29.2 Å². The molecule has 0 aromatic heterocycles. The summed E-state index contributed by atoms with van der Waals surface area (Å²) < 4.78 is 24.7. The lowest BCUT2D eigenvalue weighted by Crippen LogP contribution is -2.38. The third-order valence-corrected chi connectivity index (χ3v) is 5.09. The van der Waals surface area contributed by atoms with Crippen molar-refractivity contribution in [1.82, 2.24) is 4.90 Å². The van der Waals surface area contributed by atoms with E-state index < -0.39 is 6.03 Å². The monoisotopic (exact) mass is 449 g/mol. The fourth-order valence-electron chi connectivity index (χ4n) is 3.39. The summed E-state index contributed by atoms with van der Waals surface area (Å²) in [5.41, 5.74) is 6.47. The highest BCUT2D eigenvalue weighted by atomic mass is 35.5. The second-order valence-corrected chi connectivity index (χ2v) is 7.68. The van der Waals surface area contributed by atoms with Crippen molar-refractivity contribution in [1.29, 1.82) is 0 Å². The molecular weight excluding hydrogens is 425 g/mol. The molecule has 2 aromatic rings. The first kappa shape index (κ1) is 22.8. The lowest BCUT2D eigenvalue weighted by molar-refractivity contribution is -0.132. The number of ether oxygens (including phenoxy) is 2. The molecule has 1 unspecified atom stereocenters. The Morgan fingerprint density at radius 1 is 1.26 bits per heavy atom. The maximum Gasteiger partial charge on any atom is 0.316 e. The molecule has 1 aliphatic rings. The highest BCUT2D eigenvalue weighted by Crippen LogP contribution is 2.28. The van der Waals surface area contributed by atoms with E-state index in [4.69, 9.17) is 26.8 Å². The molecular formula is C22H25ClFN3O4. The van der Waals surface area contributed by atoms with Crippen LogP contribution in [-0.4, -0.2) is 49.2 Å². The van der Waals surface area contributed by atoms with Crippen molar-refractivity contribution in [3.8, 4) is 5.75 Å². The summed E-state index contributed by atoms with van der Waals surface area (Å²) in [5.74, 6) is 0.0505. The molecule has 7 nitrogen and oxygen atoms in total. The number of halogens is 2. The zero-order chi connectivity index (χ0) is 22.2. The normalized spacial score (nSPS) is 16.5. The van der Waals surface area contributed by atoms with Gasteiger partial charge < -0.3 is 25.4 Å². The van der Waals surface area contributed by atoms with Crippen LogP contribution < -0.4 is 15.8 Å². The van der Waals surface area contributed by atoms with Crippen LogP contribution in [0, 0.1) is 5.82 Å². The smallest absolute Gasteiger partial charge is 0.316 e. The molecule has 3 amide bonds. The van der Waals surface area contributed by atoms with Gasteiger partial charge in [0.15, 0.2) is 0 Å². The molecule has 0 aliphatic carbocycles. The first-order chi connectivity index (χ1) is 14.9. The van der Waals surface area contributed by atoms with Gasteiger partial charge >= 0.3 is 6.03 Å². The van der Waals surface area contributed by atoms with Crippen LogP contribution in [0.4, 0.5) is 14.9 Å². The molecule has 0 radical (unpaired) electrons. The molecule has 1 heterocycles. The maximum atomic E-state index is 13.1. The van der Waals surface area contributed by atoms with Gasteiger partial charge in [-0.2, -0.15) is 0 Å². The number of carbonyl (C=O) groups is 2. The number of carbonyl (C=O) groups excluding carboxylic acids is 2. The number of urea groups is 1. The lowest BCUT2D eigenvalue weighted by atomic mass is 10.1. The molecule has 166 valence electrons. The Morgan fingerprint density at radius 3 is 2.77 bits per heavy atom. The Bertz CT molecular complexity index is 910. The zero-order valence-electron chi connectivity index (χ0n) is 17.0. The van der Waals surface area contributed by atoms with Gasteiger partial charge in [0.25, 0.3) is 0 Å². The van der Waals surface area contributed by atoms with Crippen molar-refractivity contribution in [2.24, 2.45) is 5.73 Å². The molecule has 1 atom stereocenters. The highest BCUT2D eigenvalue weighted by Gasteiger charge is 2.23. The number of primary amides is 1. The molecule has 9 heteroatoms. The molecule has 3 rings (SSSR count). The Kier molecular flexibility index (Phi) is 8.08. The third kappa shape index (κ3) is 7.11. The minimum atomic E-state index is -0.736. The maximum absolute atomic E-state index is 13.1. The fraction of sp³-hybridized carbons (Fsp3) is 0.364. The summed E-state index contributed by atoms with van der Waals surface area (Å²) in [6.45, 7) is 1.77. The quantitative estimate of drug-likeness (QED) is 0.675. The van der Waals surface area contributed by atoms with Crippen molar-refractivity contribution in [2.45, 2.75) is 25.4 Å². The first-order valence-electron chi connectivity index (χ1n) is 10.0. The largest absolute Gasteiger partial charge is 0.491 e. The van der Waals surface area contributed by atoms with Gasteiger partial charge in [-0.1, -0.05) is 23.7 Å². The number of anilines is 1. The predicted molar refractivity (Wildman–Crippen MR) is 116 cm³/mol. The number of hydrogen-bond donors (Lipinski definition) is 2. The van der Waals surface area contributed by atoms with Crippen molar-refractivity contribution in [2.75, 3.05) is 31.6 Å². The second-order valence-electron chi connectivity index (χ2n) is 7.24. The van der Waals surface area contributed by atoms with Crippen LogP contribution in [0.5, 0.6) is 5.75 Å². The van der Waals surface area contributed by atoms with Crippen LogP contribution in [-0.2, 0) is 16.0 Å². The van der Waals surface area contributed by atoms with Crippen molar-refractivity contribution >= 4 is 29.2 Å². The topological polar surface area (TPSA) is 93.9 Å². The fourth-order valence-corrected chi connectivity index (χ4v) is 3.57. The van der Waals surface area contributed by atoms with Gasteiger partial charge in [0.2, 0.25) is 5.91 Å². The van der Waals surface area contributed by atoms with E-state index in [1.165, 1.54) is 18.2 Å². The van der Waals surface area contributed by atoms with E-state index in [-0.39, 0.29) is 30.9 Å². The molecule has 1 fully saturated rings. The van der Waals surface area contributed by atoms with Gasteiger partial charge in [0.1, 0.15) is 11.6 Å². The number of benzene rings is 2. The number of nitrogens with two attached hydrogens (primary N) is 1.